The predicted octanol–water partition coefficient (Wildman–Crippen LogP) is 2.81. The van der Waals surface area contributed by atoms with Gasteiger partial charge in [0.15, 0.2) is 0 Å². The molecular weight excluding hydrogens is 248 g/mol. The number of rotatable bonds is 2. The van der Waals surface area contributed by atoms with Crippen molar-refractivity contribution in [3.05, 3.63) is 35.4 Å². The summed E-state index contributed by atoms with van der Waals surface area (Å²) in [5.41, 5.74) is 2.19. The third-order valence-electron chi connectivity index (χ3n) is 4.11. The number of carbonyl (C=O) groups is 1. The molecule has 1 heterocycles. The molecule has 0 aliphatic carbocycles. The fourth-order valence-electron chi connectivity index (χ4n) is 2.69. The van der Waals surface area contributed by atoms with E-state index in [1.54, 1.807) is 0 Å². The van der Waals surface area contributed by atoms with Gasteiger partial charge in [0.2, 0.25) is 0 Å². The fourth-order valence-corrected chi connectivity index (χ4v) is 2.69. The predicted molar refractivity (Wildman–Crippen MR) is 83.1 cm³/mol. The zero-order valence-corrected chi connectivity index (χ0v) is 13.1. The first-order valence-electron chi connectivity index (χ1n) is 7.49. The van der Waals surface area contributed by atoms with Crippen LogP contribution in [0.2, 0.25) is 0 Å². The summed E-state index contributed by atoms with van der Waals surface area (Å²) in [5, 5.41) is 3.28. The molecule has 2 rings (SSSR count). The molecular formula is C17H26N2O. The Bertz CT molecular complexity index is 459. The molecule has 0 radical (unpaired) electrons. The lowest BCUT2D eigenvalue weighted by Crippen LogP contribution is -2.46. The van der Waals surface area contributed by atoms with Gasteiger partial charge in [-0.15, -0.1) is 0 Å². The summed E-state index contributed by atoms with van der Waals surface area (Å²) in [7, 11) is 1.97. The Morgan fingerprint density at radius 1 is 1.25 bits per heavy atom. The number of likely N-dealkylation sites (N-methyl/N-ethyl adjacent to an activating group) is 1. The van der Waals surface area contributed by atoms with Gasteiger partial charge in [-0.05, 0) is 43.0 Å². The molecule has 1 aromatic carbocycles. The number of nitrogens with one attached hydrogen (secondary N) is 1. The van der Waals surface area contributed by atoms with E-state index in [1.807, 2.05) is 24.1 Å². The van der Waals surface area contributed by atoms with Gasteiger partial charge in [0.1, 0.15) is 0 Å². The van der Waals surface area contributed by atoms with Crippen LogP contribution < -0.4 is 5.32 Å². The summed E-state index contributed by atoms with van der Waals surface area (Å²) in [5.74, 6) is 0.158. The number of hydrogen-bond donors (Lipinski definition) is 1. The molecule has 1 N–H and O–H groups in total. The van der Waals surface area contributed by atoms with Gasteiger partial charge in [-0.25, -0.2) is 0 Å². The summed E-state index contributed by atoms with van der Waals surface area (Å²) >= 11 is 0. The Hall–Kier alpha value is -1.35. The smallest absolute Gasteiger partial charge is 0.253 e. The first-order chi connectivity index (χ1) is 9.41. The lowest BCUT2D eigenvalue weighted by molar-refractivity contribution is 0.0698. The van der Waals surface area contributed by atoms with Gasteiger partial charge in [-0.2, -0.15) is 0 Å². The molecule has 1 aliphatic rings. The van der Waals surface area contributed by atoms with Gasteiger partial charge >= 0.3 is 0 Å². The lowest BCUT2D eigenvalue weighted by Gasteiger charge is -2.32. The zero-order valence-electron chi connectivity index (χ0n) is 13.1. The van der Waals surface area contributed by atoms with Gasteiger partial charge in [0.05, 0.1) is 0 Å². The van der Waals surface area contributed by atoms with Crippen molar-refractivity contribution in [2.24, 2.45) is 0 Å². The van der Waals surface area contributed by atoms with Crippen LogP contribution in [0.1, 0.15) is 49.5 Å². The largest absolute Gasteiger partial charge is 0.337 e. The topological polar surface area (TPSA) is 32.3 Å². The Morgan fingerprint density at radius 2 is 1.90 bits per heavy atom. The Kier molecular flexibility index (Phi) is 4.48. The highest BCUT2D eigenvalue weighted by molar-refractivity contribution is 5.94. The summed E-state index contributed by atoms with van der Waals surface area (Å²) < 4.78 is 0. The van der Waals surface area contributed by atoms with Gasteiger partial charge in [-0.1, -0.05) is 32.9 Å². The average molecular weight is 274 g/mol. The molecule has 1 saturated heterocycles. The fraction of sp³-hybridized carbons (Fsp3) is 0.588. The molecule has 110 valence electrons. The first-order valence-corrected chi connectivity index (χ1v) is 7.49. The van der Waals surface area contributed by atoms with Crippen molar-refractivity contribution in [1.82, 2.24) is 10.2 Å². The van der Waals surface area contributed by atoms with Gasteiger partial charge in [-0.3, -0.25) is 4.79 Å². The molecule has 3 nitrogen and oxygen atoms in total. The van der Waals surface area contributed by atoms with Crippen LogP contribution in [-0.4, -0.2) is 37.0 Å². The third kappa shape index (κ3) is 3.40. The van der Waals surface area contributed by atoms with Crippen molar-refractivity contribution in [1.29, 1.82) is 0 Å². The number of likely N-dealkylation sites (tertiary alicyclic amines) is 1. The van der Waals surface area contributed by atoms with Crippen LogP contribution in [0, 0.1) is 0 Å². The standard InChI is InChI=1S/C17H26N2O/c1-17(2,3)14-9-7-13(8-10-14)16(20)19-11-5-6-15(12-19)18-4/h7-10,15,18H,5-6,11-12H2,1-4H3. The Labute approximate surface area is 122 Å². The summed E-state index contributed by atoms with van der Waals surface area (Å²) in [6.07, 6.45) is 2.24. The SMILES string of the molecule is CNC1CCCN(C(=O)c2ccc(C(C)(C)C)cc2)C1. The first kappa shape index (κ1) is 15.0. The number of nitrogens with zero attached hydrogens (tertiary/aromatic N) is 1. The minimum absolute atomic E-state index is 0.129. The van der Waals surface area contributed by atoms with E-state index in [9.17, 15) is 4.79 Å². The van der Waals surface area contributed by atoms with Gasteiger partial charge < -0.3 is 10.2 Å². The normalized spacial score (nSPS) is 20.0. The van der Waals surface area contributed by atoms with E-state index < -0.39 is 0 Å². The van der Waals surface area contributed by atoms with Crippen LogP contribution >= 0.6 is 0 Å². The van der Waals surface area contributed by atoms with Crippen molar-refractivity contribution < 1.29 is 4.79 Å². The quantitative estimate of drug-likeness (QED) is 0.899. The van der Waals surface area contributed by atoms with E-state index in [0.29, 0.717) is 6.04 Å². The van der Waals surface area contributed by atoms with Crippen molar-refractivity contribution in [3.8, 4) is 0 Å². The summed E-state index contributed by atoms with van der Waals surface area (Å²) in [6.45, 7) is 8.25. The van der Waals surface area contributed by atoms with E-state index >= 15 is 0 Å². The van der Waals surface area contributed by atoms with Crippen molar-refractivity contribution in [3.63, 3.8) is 0 Å². The number of amides is 1. The third-order valence-corrected chi connectivity index (χ3v) is 4.11. The van der Waals surface area contributed by atoms with E-state index in [4.69, 9.17) is 0 Å². The minimum Gasteiger partial charge on any atom is -0.337 e. The molecule has 20 heavy (non-hydrogen) atoms. The molecule has 1 aromatic rings. The molecule has 1 aliphatic heterocycles. The minimum atomic E-state index is 0.129. The van der Waals surface area contributed by atoms with Crippen LogP contribution in [0.4, 0.5) is 0 Å². The van der Waals surface area contributed by atoms with Crippen LogP contribution in [-0.2, 0) is 5.41 Å². The molecule has 1 fully saturated rings. The maximum atomic E-state index is 12.5. The molecule has 3 heteroatoms. The number of benzene rings is 1. The number of piperidine rings is 1. The summed E-state index contributed by atoms with van der Waals surface area (Å²) in [4.78, 5) is 14.5. The lowest BCUT2D eigenvalue weighted by atomic mass is 9.86. The second-order valence-electron chi connectivity index (χ2n) is 6.71. The van der Waals surface area contributed by atoms with Crippen molar-refractivity contribution >= 4 is 5.91 Å². The maximum absolute atomic E-state index is 12.5. The van der Waals surface area contributed by atoms with Gasteiger partial charge in [0.25, 0.3) is 5.91 Å². The molecule has 0 spiro atoms. The van der Waals surface area contributed by atoms with E-state index in [2.05, 4.69) is 38.2 Å². The Balaban J connectivity index is 2.09. The van der Waals surface area contributed by atoms with Gasteiger partial charge in [0, 0.05) is 24.7 Å². The van der Waals surface area contributed by atoms with Crippen molar-refractivity contribution in [2.45, 2.75) is 45.1 Å². The zero-order chi connectivity index (χ0) is 14.8. The molecule has 1 amide bonds. The number of hydrogen-bond acceptors (Lipinski definition) is 2. The highest BCUT2D eigenvalue weighted by Crippen LogP contribution is 2.23. The van der Waals surface area contributed by atoms with Crippen molar-refractivity contribution in [2.75, 3.05) is 20.1 Å². The number of carbonyl (C=O) groups excluding carboxylic acids is 1. The second-order valence-corrected chi connectivity index (χ2v) is 6.71. The maximum Gasteiger partial charge on any atom is 0.253 e. The van der Waals surface area contributed by atoms with Crippen LogP contribution in [0.3, 0.4) is 0 Å². The monoisotopic (exact) mass is 274 g/mol. The van der Waals surface area contributed by atoms with Crippen LogP contribution in [0.15, 0.2) is 24.3 Å². The molecule has 0 bridgehead atoms. The van der Waals surface area contributed by atoms with E-state index in [0.717, 1.165) is 31.5 Å². The molecule has 0 aromatic heterocycles. The Morgan fingerprint density at radius 3 is 2.45 bits per heavy atom. The summed E-state index contributed by atoms with van der Waals surface area (Å²) in [6, 6.07) is 8.51. The molecule has 1 unspecified atom stereocenters. The second kappa shape index (κ2) is 5.96. The average Bonchev–Trinajstić information content (AvgIpc) is 2.46. The highest BCUT2D eigenvalue weighted by atomic mass is 16.2. The van der Waals surface area contributed by atoms with E-state index in [1.165, 1.54) is 5.56 Å². The van der Waals surface area contributed by atoms with E-state index in [-0.39, 0.29) is 11.3 Å². The molecule has 1 atom stereocenters. The molecule has 0 saturated carbocycles. The highest BCUT2D eigenvalue weighted by Gasteiger charge is 2.23. The van der Waals surface area contributed by atoms with Crippen LogP contribution in [0.5, 0.6) is 0 Å². The van der Waals surface area contributed by atoms with Crippen LogP contribution in [0.25, 0.3) is 0 Å².